The van der Waals surface area contributed by atoms with Gasteiger partial charge in [-0.05, 0) is 38.0 Å². The summed E-state index contributed by atoms with van der Waals surface area (Å²) in [6.07, 6.45) is 6.16. The summed E-state index contributed by atoms with van der Waals surface area (Å²) in [4.78, 5) is 6.73. The first-order valence-electron chi connectivity index (χ1n) is 8.32. The molecule has 1 saturated heterocycles. The highest BCUT2D eigenvalue weighted by Crippen LogP contribution is 2.47. The molecule has 1 saturated carbocycles. The summed E-state index contributed by atoms with van der Waals surface area (Å²) in [5.41, 5.74) is 0.563. The van der Waals surface area contributed by atoms with E-state index in [9.17, 15) is 8.42 Å². The number of aliphatic imine (C=N–C) groups is 1. The van der Waals surface area contributed by atoms with Crippen LogP contribution in [0.15, 0.2) is 4.99 Å². The second kappa shape index (κ2) is 7.17. The van der Waals surface area contributed by atoms with Gasteiger partial charge in [0.05, 0.1) is 5.75 Å². The summed E-state index contributed by atoms with van der Waals surface area (Å²) in [7, 11) is 0.402. The predicted octanol–water partition coefficient (Wildman–Crippen LogP) is 1.11. The van der Waals surface area contributed by atoms with Crippen molar-refractivity contribution in [2.75, 3.05) is 46.0 Å². The van der Waals surface area contributed by atoms with Crippen molar-refractivity contribution in [3.05, 3.63) is 0 Å². The Balaban J connectivity index is 1.71. The molecule has 1 N–H and O–H groups in total. The molecule has 1 aliphatic carbocycles. The first-order valence-corrected chi connectivity index (χ1v) is 9.93. The lowest BCUT2D eigenvalue weighted by molar-refractivity contribution is 0.151. The summed E-state index contributed by atoms with van der Waals surface area (Å²) < 4.78 is 24.8. The first-order chi connectivity index (χ1) is 10.4. The Labute approximate surface area is 135 Å². The zero-order valence-corrected chi connectivity index (χ0v) is 15.0. The van der Waals surface area contributed by atoms with Gasteiger partial charge in [-0.3, -0.25) is 4.99 Å². The van der Waals surface area contributed by atoms with Gasteiger partial charge < -0.3 is 10.2 Å². The number of nitrogens with one attached hydrogen (secondary N) is 1. The predicted molar refractivity (Wildman–Crippen MR) is 90.5 cm³/mol. The summed E-state index contributed by atoms with van der Waals surface area (Å²) in [5.74, 6) is 1.12. The van der Waals surface area contributed by atoms with E-state index < -0.39 is 10.0 Å². The minimum absolute atomic E-state index is 0.161. The van der Waals surface area contributed by atoms with Crippen LogP contribution in [0.2, 0.25) is 0 Å². The summed E-state index contributed by atoms with van der Waals surface area (Å²) in [6.45, 7) is 5.18. The monoisotopic (exact) mass is 330 g/mol. The van der Waals surface area contributed by atoms with E-state index in [2.05, 4.69) is 15.2 Å². The fourth-order valence-corrected chi connectivity index (χ4v) is 4.24. The Kier molecular flexibility index (Phi) is 5.71. The van der Waals surface area contributed by atoms with E-state index in [0.717, 1.165) is 32.0 Å². The Morgan fingerprint density at radius 2 is 2.09 bits per heavy atom. The molecule has 2 aliphatic rings. The zero-order chi connectivity index (χ0) is 16.2. The normalized spacial score (nSPS) is 21.5. The van der Waals surface area contributed by atoms with Crippen molar-refractivity contribution in [2.24, 2.45) is 10.4 Å². The topological polar surface area (TPSA) is 65.0 Å². The molecule has 0 amide bonds. The number of hydrogen-bond donors (Lipinski definition) is 1. The molecule has 0 radical (unpaired) electrons. The van der Waals surface area contributed by atoms with E-state index in [1.807, 2.05) is 7.05 Å². The van der Waals surface area contributed by atoms with Crippen LogP contribution in [0.4, 0.5) is 0 Å². The van der Waals surface area contributed by atoms with E-state index in [0.29, 0.717) is 12.0 Å². The maximum atomic E-state index is 11.7. The van der Waals surface area contributed by atoms with E-state index in [4.69, 9.17) is 0 Å². The lowest BCUT2D eigenvalue weighted by Gasteiger charge is -2.38. The largest absolute Gasteiger partial charge is 0.356 e. The van der Waals surface area contributed by atoms with Crippen molar-refractivity contribution in [3.63, 3.8) is 0 Å². The second-order valence-electron chi connectivity index (χ2n) is 6.57. The van der Waals surface area contributed by atoms with Gasteiger partial charge in [0.15, 0.2) is 5.96 Å². The van der Waals surface area contributed by atoms with Gasteiger partial charge in [-0.1, -0.05) is 6.42 Å². The molecule has 7 heteroatoms. The third-order valence-corrected chi connectivity index (χ3v) is 7.00. The van der Waals surface area contributed by atoms with E-state index in [1.54, 1.807) is 14.0 Å². The van der Waals surface area contributed by atoms with Gasteiger partial charge in [-0.25, -0.2) is 12.7 Å². The average molecular weight is 330 g/mol. The van der Waals surface area contributed by atoms with Crippen LogP contribution in [0.5, 0.6) is 0 Å². The lowest BCUT2D eigenvalue weighted by atomic mass is 9.68. The van der Waals surface area contributed by atoms with Crippen molar-refractivity contribution in [3.8, 4) is 0 Å². The van der Waals surface area contributed by atoms with Gasteiger partial charge in [-0.15, -0.1) is 0 Å². The van der Waals surface area contributed by atoms with Crippen molar-refractivity contribution in [1.82, 2.24) is 14.5 Å². The van der Waals surface area contributed by atoms with E-state index in [-0.39, 0.29) is 5.75 Å². The van der Waals surface area contributed by atoms with Crippen molar-refractivity contribution < 1.29 is 8.42 Å². The standard InChI is InChI=1S/C15H30N4O2S/c1-4-22(20,21)18(3)11-6-10-17-14(16-2)19-12-9-15(13-19)7-5-8-15/h4-13H2,1-3H3,(H,16,17). The van der Waals surface area contributed by atoms with Gasteiger partial charge >= 0.3 is 0 Å². The molecule has 0 atom stereocenters. The molecule has 0 unspecified atom stereocenters. The lowest BCUT2D eigenvalue weighted by Crippen LogP contribution is -2.43. The summed E-state index contributed by atoms with van der Waals surface area (Å²) in [5, 5.41) is 3.38. The van der Waals surface area contributed by atoms with Crippen molar-refractivity contribution >= 4 is 16.0 Å². The van der Waals surface area contributed by atoms with E-state index >= 15 is 0 Å². The molecule has 1 spiro atoms. The molecule has 0 aromatic carbocycles. The van der Waals surface area contributed by atoms with E-state index in [1.165, 1.54) is 30.0 Å². The molecule has 1 heterocycles. The molecule has 22 heavy (non-hydrogen) atoms. The fourth-order valence-electron chi connectivity index (χ4n) is 3.39. The SMILES string of the molecule is CCS(=O)(=O)N(C)CCCNC(=NC)N1CCC2(CCC2)C1. The second-order valence-corrected chi connectivity index (χ2v) is 8.94. The first kappa shape index (κ1) is 17.5. The molecule has 2 rings (SSSR count). The van der Waals surface area contributed by atoms with Crippen LogP contribution >= 0.6 is 0 Å². The average Bonchev–Trinajstić information content (AvgIpc) is 2.92. The van der Waals surface area contributed by atoms with Crippen LogP contribution in [-0.2, 0) is 10.0 Å². The maximum absolute atomic E-state index is 11.7. The van der Waals surface area contributed by atoms with Crippen LogP contribution in [0.3, 0.4) is 0 Å². The molecule has 0 aromatic heterocycles. The van der Waals surface area contributed by atoms with Crippen LogP contribution < -0.4 is 5.32 Å². The Bertz CT molecular complexity index is 500. The third-order valence-electron chi connectivity index (χ3n) is 5.14. The number of rotatable bonds is 6. The summed E-state index contributed by atoms with van der Waals surface area (Å²) >= 11 is 0. The van der Waals surface area contributed by atoms with Crippen LogP contribution in [0.25, 0.3) is 0 Å². The quantitative estimate of drug-likeness (QED) is 0.450. The molecule has 2 fully saturated rings. The molecule has 0 bridgehead atoms. The van der Waals surface area contributed by atoms with Gasteiger partial charge in [0, 0.05) is 40.3 Å². The third kappa shape index (κ3) is 3.93. The van der Waals surface area contributed by atoms with Gasteiger partial charge in [0.25, 0.3) is 0 Å². The molecule has 128 valence electrons. The highest BCUT2D eigenvalue weighted by atomic mass is 32.2. The molecule has 0 aromatic rings. The highest BCUT2D eigenvalue weighted by molar-refractivity contribution is 7.89. The van der Waals surface area contributed by atoms with Crippen molar-refractivity contribution in [2.45, 2.75) is 39.0 Å². The van der Waals surface area contributed by atoms with Crippen LogP contribution in [-0.4, -0.2) is 69.6 Å². The smallest absolute Gasteiger partial charge is 0.213 e. The molecule has 6 nitrogen and oxygen atoms in total. The van der Waals surface area contributed by atoms with Gasteiger partial charge in [0.1, 0.15) is 0 Å². The minimum Gasteiger partial charge on any atom is -0.356 e. The Morgan fingerprint density at radius 3 is 2.59 bits per heavy atom. The zero-order valence-electron chi connectivity index (χ0n) is 14.1. The van der Waals surface area contributed by atoms with Gasteiger partial charge in [-0.2, -0.15) is 0 Å². The number of nitrogens with zero attached hydrogens (tertiary/aromatic N) is 3. The molecule has 1 aliphatic heterocycles. The number of likely N-dealkylation sites (tertiary alicyclic amines) is 1. The van der Waals surface area contributed by atoms with Crippen molar-refractivity contribution in [1.29, 1.82) is 0 Å². The highest BCUT2D eigenvalue weighted by Gasteiger charge is 2.43. The Morgan fingerprint density at radius 1 is 1.36 bits per heavy atom. The fraction of sp³-hybridized carbons (Fsp3) is 0.933. The van der Waals surface area contributed by atoms with Crippen LogP contribution in [0.1, 0.15) is 39.0 Å². The summed E-state index contributed by atoms with van der Waals surface area (Å²) in [6, 6.07) is 0. The number of sulfonamides is 1. The molecular formula is C15H30N4O2S. The minimum atomic E-state index is -3.07. The Hall–Kier alpha value is -0.820. The number of guanidine groups is 1. The van der Waals surface area contributed by atoms with Gasteiger partial charge in [0.2, 0.25) is 10.0 Å². The molecular weight excluding hydrogens is 300 g/mol. The number of hydrogen-bond acceptors (Lipinski definition) is 3. The maximum Gasteiger partial charge on any atom is 0.213 e. The van der Waals surface area contributed by atoms with Crippen LogP contribution in [0, 0.1) is 5.41 Å².